The molecule has 0 unspecified atom stereocenters. The second kappa shape index (κ2) is 6.50. The monoisotopic (exact) mass is 347 g/mol. The normalized spacial score (nSPS) is 11.7. The lowest BCUT2D eigenvalue weighted by Gasteiger charge is -2.09. The van der Waals surface area contributed by atoms with Crippen LogP contribution >= 0.6 is 0 Å². The highest BCUT2D eigenvalue weighted by Crippen LogP contribution is 2.09. The summed E-state index contributed by atoms with van der Waals surface area (Å²) in [6.07, 6.45) is 1.32. The van der Waals surface area contributed by atoms with Crippen LogP contribution in [0.3, 0.4) is 0 Å². The van der Waals surface area contributed by atoms with Crippen LogP contribution in [-0.4, -0.2) is 24.5 Å². The molecular weight excluding hydrogens is 333 g/mol. The summed E-state index contributed by atoms with van der Waals surface area (Å²) < 4.78 is 41.1. The minimum absolute atomic E-state index is 0.0135. The molecule has 0 spiro atoms. The molecule has 3 aromatic rings. The largest absolute Gasteiger partial charge is 0.297 e. The van der Waals surface area contributed by atoms with Crippen molar-refractivity contribution < 1.29 is 12.8 Å². The Morgan fingerprint density at radius 1 is 1.12 bits per heavy atom. The number of halogens is 1. The Hall–Kier alpha value is -2.58. The number of sulfonamides is 1. The van der Waals surface area contributed by atoms with Gasteiger partial charge in [-0.05, 0) is 30.3 Å². The molecule has 6 nitrogen and oxygen atoms in total. The standard InChI is InChI=1S/C16H14FN3O3S/c17-12-6-7-15-14(10-12)16(21)20(11-18-15)9-8-19-24(22,23)13-4-2-1-3-5-13/h1-7,10-11,19H,8-9H2. The van der Waals surface area contributed by atoms with Crippen molar-refractivity contribution in [3.05, 3.63) is 71.0 Å². The van der Waals surface area contributed by atoms with Crippen molar-refractivity contribution in [1.82, 2.24) is 14.3 Å². The molecule has 0 bridgehead atoms. The maximum Gasteiger partial charge on any atom is 0.261 e. The van der Waals surface area contributed by atoms with Crippen molar-refractivity contribution in [2.75, 3.05) is 6.54 Å². The SMILES string of the molecule is O=c1c2cc(F)ccc2ncn1CCNS(=O)(=O)c1ccccc1. The lowest BCUT2D eigenvalue weighted by Crippen LogP contribution is -2.31. The fourth-order valence-electron chi connectivity index (χ4n) is 2.27. The minimum atomic E-state index is -3.64. The molecule has 0 amide bonds. The van der Waals surface area contributed by atoms with Crippen LogP contribution in [0.4, 0.5) is 4.39 Å². The van der Waals surface area contributed by atoms with E-state index in [1.54, 1.807) is 18.2 Å². The van der Waals surface area contributed by atoms with Crippen LogP contribution in [0.15, 0.2) is 64.5 Å². The van der Waals surface area contributed by atoms with Crippen LogP contribution in [0.5, 0.6) is 0 Å². The first-order valence-corrected chi connectivity index (χ1v) is 8.65. The van der Waals surface area contributed by atoms with Gasteiger partial charge < -0.3 is 0 Å². The Labute approximate surface area is 137 Å². The molecule has 0 aliphatic heterocycles. The molecule has 0 atom stereocenters. The fourth-order valence-corrected chi connectivity index (χ4v) is 3.32. The molecule has 124 valence electrons. The zero-order valence-electron chi connectivity index (χ0n) is 12.5. The minimum Gasteiger partial charge on any atom is -0.297 e. The molecule has 0 aliphatic rings. The second-order valence-corrected chi connectivity index (χ2v) is 6.88. The smallest absolute Gasteiger partial charge is 0.261 e. The van der Waals surface area contributed by atoms with Crippen LogP contribution in [-0.2, 0) is 16.6 Å². The number of hydrogen-bond acceptors (Lipinski definition) is 4. The Bertz CT molecular complexity index is 1030. The third kappa shape index (κ3) is 3.34. The zero-order valence-corrected chi connectivity index (χ0v) is 13.3. The van der Waals surface area contributed by atoms with E-state index in [9.17, 15) is 17.6 Å². The first-order valence-electron chi connectivity index (χ1n) is 7.17. The molecule has 0 radical (unpaired) electrons. The van der Waals surface area contributed by atoms with Crippen LogP contribution < -0.4 is 10.3 Å². The van der Waals surface area contributed by atoms with E-state index in [1.807, 2.05) is 0 Å². The van der Waals surface area contributed by atoms with Crippen molar-refractivity contribution in [2.45, 2.75) is 11.4 Å². The van der Waals surface area contributed by atoms with Gasteiger partial charge >= 0.3 is 0 Å². The van der Waals surface area contributed by atoms with Gasteiger partial charge in [0, 0.05) is 13.1 Å². The van der Waals surface area contributed by atoms with Crippen molar-refractivity contribution in [3.8, 4) is 0 Å². The number of hydrogen-bond donors (Lipinski definition) is 1. The van der Waals surface area contributed by atoms with E-state index in [2.05, 4.69) is 9.71 Å². The quantitative estimate of drug-likeness (QED) is 0.759. The summed E-state index contributed by atoms with van der Waals surface area (Å²) in [6, 6.07) is 11.7. The van der Waals surface area contributed by atoms with Crippen LogP contribution in [0.25, 0.3) is 10.9 Å². The van der Waals surface area contributed by atoms with E-state index in [4.69, 9.17) is 0 Å². The highest BCUT2D eigenvalue weighted by molar-refractivity contribution is 7.89. The van der Waals surface area contributed by atoms with Crippen LogP contribution in [0.2, 0.25) is 0 Å². The summed E-state index contributed by atoms with van der Waals surface area (Å²) >= 11 is 0. The fraction of sp³-hybridized carbons (Fsp3) is 0.125. The molecule has 0 saturated carbocycles. The molecule has 0 fully saturated rings. The van der Waals surface area contributed by atoms with Gasteiger partial charge in [0.25, 0.3) is 5.56 Å². The van der Waals surface area contributed by atoms with E-state index in [1.165, 1.54) is 35.2 Å². The molecule has 0 aliphatic carbocycles. The summed E-state index contributed by atoms with van der Waals surface area (Å²) in [7, 11) is -3.64. The Morgan fingerprint density at radius 2 is 1.88 bits per heavy atom. The maximum atomic E-state index is 13.3. The highest BCUT2D eigenvalue weighted by atomic mass is 32.2. The third-order valence-electron chi connectivity index (χ3n) is 3.48. The predicted octanol–water partition coefficient (Wildman–Crippen LogP) is 1.51. The Kier molecular flexibility index (Phi) is 4.41. The number of rotatable bonds is 5. The van der Waals surface area contributed by atoms with E-state index in [0.717, 1.165) is 6.07 Å². The number of nitrogens with zero attached hydrogens (tertiary/aromatic N) is 2. The summed E-state index contributed by atoms with van der Waals surface area (Å²) in [5.41, 5.74) is -0.0269. The lowest BCUT2D eigenvalue weighted by atomic mass is 10.2. The molecule has 1 N–H and O–H groups in total. The number of nitrogens with one attached hydrogen (secondary N) is 1. The summed E-state index contributed by atoms with van der Waals surface area (Å²) in [5.74, 6) is -0.524. The Balaban J connectivity index is 1.77. The summed E-state index contributed by atoms with van der Waals surface area (Å²) in [6.45, 7) is 0.101. The van der Waals surface area contributed by atoms with Gasteiger partial charge in [-0.3, -0.25) is 9.36 Å². The zero-order chi connectivity index (χ0) is 17.2. The van der Waals surface area contributed by atoms with Crippen LogP contribution in [0, 0.1) is 5.82 Å². The summed E-state index contributed by atoms with van der Waals surface area (Å²) in [4.78, 5) is 16.5. The van der Waals surface area contributed by atoms with E-state index < -0.39 is 21.4 Å². The van der Waals surface area contributed by atoms with E-state index in [-0.39, 0.29) is 23.4 Å². The molecule has 1 aromatic heterocycles. The molecule has 24 heavy (non-hydrogen) atoms. The lowest BCUT2D eigenvalue weighted by molar-refractivity contribution is 0.569. The molecule has 1 heterocycles. The van der Waals surface area contributed by atoms with Crippen molar-refractivity contribution in [1.29, 1.82) is 0 Å². The number of aromatic nitrogens is 2. The van der Waals surface area contributed by atoms with Gasteiger partial charge in [0.05, 0.1) is 22.1 Å². The molecule has 3 rings (SSSR count). The maximum absolute atomic E-state index is 13.3. The molecule has 0 saturated heterocycles. The molecule has 8 heteroatoms. The first kappa shape index (κ1) is 16.3. The third-order valence-corrected chi connectivity index (χ3v) is 4.96. The topological polar surface area (TPSA) is 81.1 Å². The first-order chi connectivity index (χ1) is 11.5. The van der Waals surface area contributed by atoms with Gasteiger partial charge in [-0.1, -0.05) is 18.2 Å². The average Bonchev–Trinajstić information content (AvgIpc) is 2.58. The summed E-state index contributed by atoms with van der Waals surface area (Å²) in [5, 5.41) is 0.156. The van der Waals surface area contributed by atoms with E-state index >= 15 is 0 Å². The average molecular weight is 347 g/mol. The van der Waals surface area contributed by atoms with Crippen molar-refractivity contribution >= 4 is 20.9 Å². The number of benzene rings is 2. The molecule has 2 aromatic carbocycles. The van der Waals surface area contributed by atoms with Gasteiger partial charge in [-0.15, -0.1) is 0 Å². The van der Waals surface area contributed by atoms with Crippen molar-refractivity contribution in [3.63, 3.8) is 0 Å². The predicted molar refractivity (Wildman–Crippen MR) is 87.6 cm³/mol. The van der Waals surface area contributed by atoms with Gasteiger partial charge in [0.1, 0.15) is 5.82 Å². The highest BCUT2D eigenvalue weighted by Gasteiger charge is 2.13. The van der Waals surface area contributed by atoms with Gasteiger partial charge in [-0.25, -0.2) is 22.5 Å². The Morgan fingerprint density at radius 3 is 2.62 bits per heavy atom. The number of fused-ring (bicyclic) bond motifs is 1. The van der Waals surface area contributed by atoms with Gasteiger partial charge in [0.2, 0.25) is 10.0 Å². The molecular formula is C16H14FN3O3S. The van der Waals surface area contributed by atoms with Crippen molar-refractivity contribution in [2.24, 2.45) is 0 Å². The van der Waals surface area contributed by atoms with Gasteiger partial charge in [-0.2, -0.15) is 0 Å². The van der Waals surface area contributed by atoms with Gasteiger partial charge in [0.15, 0.2) is 0 Å². The van der Waals surface area contributed by atoms with E-state index in [0.29, 0.717) is 5.52 Å². The van der Waals surface area contributed by atoms with Crippen LogP contribution in [0.1, 0.15) is 0 Å². The second-order valence-electron chi connectivity index (χ2n) is 5.12.